The Hall–Kier alpha value is -7.41. The average molecular weight is 758 g/mol. The molecule has 0 aliphatic carbocycles. The van der Waals surface area contributed by atoms with Gasteiger partial charge in [-0.1, -0.05) is 145 Å². The third-order valence-electron chi connectivity index (χ3n) is 10.3. The number of hydrogen-bond acceptors (Lipinski definition) is 5. The Labute approximate surface area is 346 Å². The maximum atomic E-state index is 9.72. The summed E-state index contributed by atoms with van der Waals surface area (Å²) >= 11 is 1.58. The predicted molar refractivity (Wildman–Crippen MR) is 236 cm³/mol. The molecule has 0 fully saturated rings. The Morgan fingerprint density at radius 1 is 0.509 bits per heavy atom. The molecule has 0 saturated carbocycles. The summed E-state index contributed by atoms with van der Waals surface area (Å²) in [6, 6.07) is 31.4. The van der Waals surface area contributed by atoms with Crippen molar-refractivity contribution in [2.45, 2.75) is 0 Å². The summed E-state index contributed by atoms with van der Waals surface area (Å²) in [6.45, 7) is 0. The molecule has 12 aromatic rings. The number of rotatable bonds is 5. The molecule has 0 aliphatic rings. The number of furan rings is 1. The molecule has 0 unspecified atom stereocenters. The summed E-state index contributed by atoms with van der Waals surface area (Å²) < 4.78 is 109. The normalized spacial score (nSPS) is 14.6. The largest absolute Gasteiger partial charge is 0.456 e. The molecule has 0 aliphatic heterocycles. The Bertz CT molecular complexity index is 4140. The summed E-state index contributed by atoms with van der Waals surface area (Å²) in [5.41, 5.74) is 3.06. The number of thiophene rings is 1. The SMILES string of the molecule is [2H]c1c([2H])c([2H])c(-c2nc(-c3c([2H])c([2H])c4c(oc5c([2H])c([2H])c([2H])c(-c6ccccc6)c54)c3[2H])nc(-n3c4ccc(-c5ccccc5)cc4c4ccc5c6ccccc6sc5c43)n2)c([2H])c1[2H]. The van der Waals surface area contributed by atoms with Gasteiger partial charge in [0, 0.05) is 48.1 Å². The van der Waals surface area contributed by atoms with Crippen LogP contribution in [0.25, 0.3) is 115 Å². The van der Waals surface area contributed by atoms with Crippen molar-refractivity contribution in [2.24, 2.45) is 0 Å². The van der Waals surface area contributed by atoms with Crippen LogP contribution >= 0.6 is 11.3 Å². The molecule has 0 saturated heterocycles. The lowest BCUT2D eigenvalue weighted by atomic mass is 9.99. The minimum atomic E-state index is -0.621. The second-order valence-electron chi connectivity index (χ2n) is 13.5. The van der Waals surface area contributed by atoms with E-state index in [1.54, 1.807) is 41.7 Å². The summed E-state index contributed by atoms with van der Waals surface area (Å²) in [5.74, 6) is -0.713. The first-order valence-electron chi connectivity index (χ1n) is 23.6. The van der Waals surface area contributed by atoms with E-state index in [9.17, 15) is 4.11 Å². The van der Waals surface area contributed by atoms with E-state index in [0.717, 1.165) is 42.1 Å². The van der Waals surface area contributed by atoms with Crippen molar-refractivity contribution in [1.82, 2.24) is 19.5 Å². The van der Waals surface area contributed by atoms with Gasteiger partial charge in [0.1, 0.15) is 11.2 Å². The first kappa shape index (κ1) is 22.8. The molecule has 5 nitrogen and oxygen atoms in total. The van der Waals surface area contributed by atoms with E-state index < -0.39 is 60.4 Å². The summed E-state index contributed by atoms with van der Waals surface area (Å²) in [4.78, 5) is 14.6. The predicted octanol–water partition coefficient (Wildman–Crippen LogP) is 13.9. The number of nitrogens with zero attached hydrogens (tertiary/aromatic N) is 4. The fourth-order valence-electron chi connectivity index (χ4n) is 7.73. The van der Waals surface area contributed by atoms with Crippen molar-refractivity contribution in [3.63, 3.8) is 0 Å². The van der Waals surface area contributed by atoms with Gasteiger partial charge >= 0.3 is 0 Å². The summed E-state index contributed by atoms with van der Waals surface area (Å²) in [6.07, 6.45) is 0. The molecule has 57 heavy (non-hydrogen) atoms. The number of aromatic nitrogens is 4. The Balaban J connectivity index is 1.22. The van der Waals surface area contributed by atoms with Crippen molar-refractivity contribution < 1.29 is 19.5 Å². The molecule has 0 amide bonds. The van der Waals surface area contributed by atoms with Gasteiger partial charge in [0.2, 0.25) is 5.95 Å². The van der Waals surface area contributed by atoms with Gasteiger partial charge in [0.15, 0.2) is 11.6 Å². The van der Waals surface area contributed by atoms with Gasteiger partial charge in [-0.15, -0.1) is 11.3 Å². The number of fused-ring (bicyclic) bond motifs is 10. The highest BCUT2D eigenvalue weighted by Crippen LogP contribution is 2.44. The lowest BCUT2D eigenvalue weighted by Gasteiger charge is -2.11. The van der Waals surface area contributed by atoms with E-state index in [2.05, 4.69) is 18.2 Å². The molecule has 12 rings (SSSR count). The molecule has 0 radical (unpaired) electrons. The highest BCUT2D eigenvalue weighted by molar-refractivity contribution is 7.26. The van der Waals surface area contributed by atoms with Crippen molar-refractivity contribution in [1.29, 1.82) is 0 Å². The number of benzene rings is 8. The van der Waals surface area contributed by atoms with Crippen LogP contribution in [0.2, 0.25) is 0 Å². The monoisotopic (exact) mass is 757 g/mol. The zero-order chi connectivity index (χ0) is 47.0. The van der Waals surface area contributed by atoms with Crippen LogP contribution in [-0.4, -0.2) is 19.5 Å². The van der Waals surface area contributed by atoms with Gasteiger partial charge in [-0.25, -0.2) is 4.98 Å². The fourth-order valence-corrected chi connectivity index (χ4v) is 8.97. The zero-order valence-electron chi connectivity index (χ0n) is 40.6. The standard InChI is InChI=1S/C51H30N4OS/c1-4-13-31(14-5-1)34-24-28-42-41(29-34)38-26-27-39-37-19-10-11-22-45(37)57-48(39)47(38)55(42)51-53-49(33-17-8-3-9-18-33)52-50(54-51)35-23-25-40-44(30-35)56-43-21-12-20-36(46(40)43)32-15-6-2-7-16-32/h1-30H/i3D,8D,9D,12D,17D,18D,20D,21D,23D,25D,30D. The van der Waals surface area contributed by atoms with Gasteiger partial charge < -0.3 is 4.42 Å². The Morgan fingerprint density at radius 2 is 1.26 bits per heavy atom. The minimum Gasteiger partial charge on any atom is -0.456 e. The molecule has 266 valence electrons. The first-order chi connectivity index (χ1) is 32.8. The summed E-state index contributed by atoms with van der Waals surface area (Å²) in [5, 5.41) is 3.83. The van der Waals surface area contributed by atoms with Crippen LogP contribution in [0.4, 0.5) is 0 Å². The van der Waals surface area contributed by atoms with E-state index in [1.807, 2.05) is 71.3 Å². The van der Waals surface area contributed by atoms with Crippen LogP contribution < -0.4 is 0 Å². The molecular formula is C51H30N4OS. The zero-order valence-corrected chi connectivity index (χ0v) is 30.4. The van der Waals surface area contributed by atoms with Gasteiger partial charge in [-0.2, -0.15) is 9.97 Å². The van der Waals surface area contributed by atoms with Crippen LogP contribution in [0.3, 0.4) is 0 Å². The average Bonchev–Trinajstić information content (AvgIpc) is 4.05. The fraction of sp³-hybridized carbons (Fsp3) is 0. The molecule has 4 heterocycles. The van der Waals surface area contributed by atoms with E-state index >= 15 is 0 Å². The molecule has 0 bridgehead atoms. The maximum Gasteiger partial charge on any atom is 0.238 e. The van der Waals surface area contributed by atoms with Crippen molar-refractivity contribution in [3.05, 3.63) is 182 Å². The maximum absolute atomic E-state index is 9.72. The van der Waals surface area contributed by atoms with Crippen LogP contribution in [-0.2, 0) is 0 Å². The Kier molecular flexibility index (Phi) is 5.04. The highest BCUT2D eigenvalue weighted by atomic mass is 32.1. The molecule has 6 heteroatoms. The van der Waals surface area contributed by atoms with E-state index in [4.69, 9.17) is 30.3 Å². The molecule has 0 spiro atoms. The molecule has 0 atom stereocenters. The highest BCUT2D eigenvalue weighted by Gasteiger charge is 2.22. The van der Waals surface area contributed by atoms with Crippen LogP contribution in [0.5, 0.6) is 0 Å². The second kappa shape index (κ2) is 12.6. The Morgan fingerprint density at radius 3 is 2.11 bits per heavy atom. The van der Waals surface area contributed by atoms with Crippen molar-refractivity contribution >= 4 is 75.3 Å². The van der Waals surface area contributed by atoms with Gasteiger partial charge in [0.25, 0.3) is 0 Å². The topological polar surface area (TPSA) is 56.7 Å². The quantitative estimate of drug-likeness (QED) is 0.175. The molecule has 0 N–H and O–H groups in total. The smallest absolute Gasteiger partial charge is 0.238 e. The van der Waals surface area contributed by atoms with E-state index in [0.29, 0.717) is 16.6 Å². The first-order valence-corrected chi connectivity index (χ1v) is 18.9. The van der Waals surface area contributed by atoms with Gasteiger partial charge in [-0.05, 0) is 58.6 Å². The molecule has 8 aromatic carbocycles. The van der Waals surface area contributed by atoms with Crippen LogP contribution in [0.15, 0.2) is 186 Å². The van der Waals surface area contributed by atoms with Gasteiger partial charge in [-0.3, -0.25) is 4.57 Å². The summed E-state index contributed by atoms with van der Waals surface area (Å²) in [7, 11) is 0. The lowest BCUT2D eigenvalue weighted by Crippen LogP contribution is -2.06. The molecule has 4 aromatic heterocycles. The third kappa shape index (κ3) is 5.04. The van der Waals surface area contributed by atoms with Crippen molar-refractivity contribution in [2.75, 3.05) is 0 Å². The van der Waals surface area contributed by atoms with Crippen molar-refractivity contribution in [3.8, 4) is 51.0 Å². The lowest BCUT2D eigenvalue weighted by molar-refractivity contribution is 0.669. The second-order valence-corrected chi connectivity index (χ2v) is 14.6. The number of hydrogen-bond donors (Lipinski definition) is 0. The van der Waals surface area contributed by atoms with E-state index in [-0.39, 0.29) is 62.3 Å². The minimum absolute atomic E-state index is 0.0107. The molecular weight excluding hydrogens is 717 g/mol. The van der Waals surface area contributed by atoms with Crippen LogP contribution in [0.1, 0.15) is 15.1 Å². The van der Waals surface area contributed by atoms with Crippen LogP contribution in [0, 0.1) is 0 Å². The third-order valence-corrected chi connectivity index (χ3v) is 11.5. The van der Waals surface area contributed by atoms with E-state index in [1.165, 1.54) is 0 Å². The van der Waals surface area contributed by atoms with Gasteiger partial charge in [0.05, 0.1) is 30.8 Å².